The fourth-order valence-corrected chi connectivity index (χ4v) is 4.25. The lowest BCUT2D eigenvalue weighted by atomic mass is 10.1. The smallest absolute Gasteiger partial charge is 0.268 e. The van der Waals surface area contributed by atoms with E-state index in [0.717, 1.165) is 5.56 Å². The van der Waals surface area contributed by atoms with Crippen molar-refractivity contribution in [2.75, 3.05) is 14.2 Å². The Morgan fingerprint density at radius 1 is 1.17 bits per heavy atom. The molecule has 5 nitrogen and oxygen atoms in total. The molecule has 0 amide bonds. The number of aromatic nitrogens is 1. The summed E-state index contributed by atoms with van der Waals surface area (Å²) in [6.45, 7) is 1.88. The zero-order valence-electron chi connectivity index (χ0n) is 16.5. The van der Waals surface area contributed by atoms with Gasteiger partial charge in [-0.05, 0) is 36.3 Å². The SMILES string of the molecule is COc1cc(/C=c2\s/c(=C\C(=O)c3ccccc3C)n(C)c2=O)cc(Cl)c1OC. The highest BCUT2D eigenvalue weighted by atomic mass is 35.5. The monoisotopic (exact) mass is 429 g/mol. The molecule has 1 heterocycles. The van der Waals surface area contributed by atoms with Crippen molar-refractivity contribution >= 4 is 40.9 Å². The summed E-state index contributed by atoms with van der Waals surface area (Å²) in [7, 11) is 4.68. The average Bonchev–Trinajstić information content (AvgIpc) is 2.95. The van der Waals surface area contributed by atoms with Crippen molar-refractivity contribution in [2.45, 2.75) is 6.92 Å². The molecule has 150 valence electrons. The Labute approximate surface area is 177 Å². The van der Waals surface area contributed by atoms with Crippen molar-refractivity contribution in [3.63, 3.8) is 0 Å². The van der Waals surface area contributed by atoms with Gasteiger partial charge in [0.05, 0.1) is 23.8 Å². The van der Waals surface area contributed by atoms with Gasteiger partial charge in [-0.25, -0.2) is 0 Å². The highest BCUT2D eigenvalue weighted by molar-refractivity contribution is 7.07. The molecule has 1 aromatic heterocycles. The van der Waals surface area contributed by atoms with Crippen molar-refractivity contribution in [3.05, 3.63) is 77.7 Å². The van der Waals surface area contributed by atoms with Gasteiger partial charge >= 0.3 is 0 Å². The van der Waals surface area contributed by atoms with Gasteiger partial charge in [-0.1, -0.05) is 35.9 Å². The van der Waals surface area contributed by atoms with Crippen molar-refractivity contribution < 1.29 is 14.3 Å². The van der Waals surface area contributed by atoms with Gasteiger partial charge in [0.15, 0.2) is 17.3 Å². The van der Waals surface area contributed by atoms with Crippen LogP contribution in [-0.4, -0.2) is 24.6 Å². The van der Waals surface area contributed by atoms with Crippen LogP contribution in [0.5, 0.6) is 11.5 Å². The molecule has 0 N–H and O–H groups in total. The Morgan fingerprint density at radius 3 is 2.55 bits per heavy atom. The number of carbonyl (C=O) groups excluding carboxylic acids is 1. The Morgan fingerprint density at radius 2 is 1.90 bits per heavy atom. The van der Waals surface area contributed by atoms with Crippen LogP contribution in [0, 0.1) is 6.92 Å². The number of benzene rings is 2. The summed E-state index contributed by atoms with van der Waals surface area (Å²) in [5, 5.41) is 0.382. The lowest BCUT2D eigenvalue weighted by Gasteiger charge is -2.09. The number of carbonyl (C=O) groups is 1. The van der Waals surface area contributed by atoms with E-state index in [1.165, 1.54) is 36.2 Å². The minimum atomic E-state index is -0.190. The molecule has 0 aliphatic rings. The maximum atomic E-state index is 12.7. The minimum absolute atomic E-state index is 0.138. The van der Waals surface area contributed by atoms with E-state index in [1.807, 2.05) is 25.1 Å². The second kappa shape index (κ2) is 8.68. The zero-order chi connectivity index (χ0) is 21.1. The number of Topliss-reactive ketones (excluding diaryl/α,β-unsaturated/α-hetero) is 1. The molecule has 0 unspecified atom stereocenters. The molecule has 0 spiro atoms. The van der Waals surface area contributed by atoms with Crippen molar-refractivity contribution in [2.24, 2.45) is 7.05 Å². The van der Waals surface area contributed by atoms with Crippen LogP contribution >= 0.6 is 22.9 Å². The van der Waals surface area contributed by atoms with Gasteiger partial charge < -0.3 is 14.0 Å². The predicted molar refractivity (Wildman–Crippen MR) is 117 cm³/mol. The first kappa shape index (κ1) is 20.9. The van der Waals surface area contributed by atoms with Crippen molar-refractivity contribution in [1.82, 2.24) is 4.57 Å². The molecule has 0 bridgehead atoms. The topological polar surface area (TPSA) is 57.5 Å². The van der Waals surface area contributed by atoms with Crippen LogP contribution < -0.4 is 24.2 Å². The summed E-state index contributed by atoms with van der Waals surface area (Å²) in [5.41, 5.74) is 2.01. The van der Waals surface area contributed by atoms with Gasteiger partial charge in [0.2, 0.25) is 0 Å². The van der Waals surface area contributed by atoms with Gasteiger partial charge in [-0.15, -0.1) is 11.3 Å². The number of hydrogen-bond donors (Lipinski definition) is 0. The van der Waals surface area contributed by atoms with Gasteiger partial charge in [0.25, 0.3) is 5.56 Å². The summed E-state index contributed by atoms with van der Waals surface area (Å²) in [6, 6.07) is 10.8. The Kier molecular flexibility index (Phi) is 6.25. The number of nitrogens with zero attached hydrogens (tertiary/aromatic N) is 1. The quantitative estimate of drug-likeness (QED) is 0.585. The first-order valence-electron chi connectivity index (χ1n) is 8.76. The first-order valence-corrected chi connectivity index (χ1v) is 9.96. The summed E-state index contributed by atoms with van der Waals surface area (Å²) < 4.78 is 13.1. The number of hydrogen-bond acceptors (Lipinski definition) is 5. The first-order chi connectivity index (χ1) is 13.8. The number of aryl methyl sites for hydroxylation is 1. The molecule has 2 aromatic carbocycles. The Bertz CT molecular complexity index is 1260. The van der Waals surface area contributed by atoms with Gasteiger partial charge in [0.1, 0.15) is 4.66 Å². The number of halogens is 1. The molecule has 29 heavy (non-hydrogen) atoms. The molecule has 0 saturated heterocycles. The van der Waals surface area contributed by atoms with Crippen LogP contribution in [-0.2, 0) is 7.05 Å². The van der Waals surface area contributed by atoms with E-state index in [2.05, 4.69) is 0 Å². The summed E-state index contributed by atoms with van der Waals surface area (Å²) in [4.78, 5) is 25.3. The average molecular weight is 430 g/mol. The van der Waals surface area contributed by atoms with E-state index in [9.17, 15) is 9.59 Å². The molecule has 7 heteroatoms. The van der Waals surface area contributed by atoms with Crippen LogP contribution in [0.4, 0.5) is 0 Å². The molecule has 0 saturated carbocycles. The highest BCUT2D eigenvalue weighted by Gasteiger charge is 2.11. The maximum absolute atomic E-state index is 12.7. The van der Waals surface area contributed by atoms with E-state index in [-0.39, 0.29) is 11.3 Å². The van der Waals surface area contributed by atoms with Crippen LogP contribution in [0.1, 0.15) is 21.5 Å². The molecule has 0 atom stereocenters. The van der Waals surface area contributed by atoms with Gasteiger partial charge in [-0.3, -0.25) is 9.59 Å². The fraction of sp³-hybridized carbons (Fsp3) is 0.182. The zero-order valence-corrected chi connectivity index (χ0v) is 18.1. The maximum Gasteiger partial charge on any atom is 0.268 e. The number of ketones is 1. The normalized spacial score (nSPS) is 12.3. The second-order valence-corrected chi connectivity index (χ2v) is 7.84. The summed E-state index contributed by atoms with van der Waals surface area (Å²) in [6.07, 6.45) is 3.21. The van der Waals surface area contributed by atoms with Crippen molar-refractivity contribution in [3.8, 4) is 11.5 Å². The minimum Gasteiger partial charge on any atom is -0.493 e. The second-order valence-electron chi connectivity index (χ2n) is 6.37. The van der Waals surface area contributed by atoms with Crippen LogP contribution in [0.2, 0.25) is 5.02 Å². The largest absolute Gasteiger partial charge is 0.493 e. The summed E-state index contributed by atoms with van der Waals surface area (Å²) >= 11 is 7.49. The third kappa shape index (κ3) is 4.28. The molecular weight excluding hydrogens is 410 g/mol. The molecule has 0 aliphatic heterocycles. The van der Waals surface area contributed by atoms with E-state index < -0.39 is 0 Å². The number of methoxy groups -OCH3 is 2. The van der Waals surface area contributed by atoms with E-state index >= 15 is 0 Å². The number of ether oxygens (including phenoxy) is 2. The fourth-order valence-electron chi connectivity index (χ4n) is 2.92. The molecule has 0 aliphatic carbocycles. The third-order valence-electron chi connectivity index (χ3n) is 4.48. The third-order valence-corrected chi connectivity index (χ3v) is 5.87. The van der Waals surface area contributed by atoms with Gasteiger partial charge in [0, 0.05) is 18.7 Å². The number of thiazole rings is 1. The standard InChI is InChI=1S/C22H20ClNO4S/c1-13-7-5-6-8-15(13)17(25)12-20-24(2)22(26)19(29-20)11-14-9-16(23)21(28-4)18(10-14)27-3/h5-12H,1-4H3/b19-11-,20-12-. The van der Waals surface area contributed by atoms with Crippen LogP contribution in [0.25, 0.3) is 12.2 Å². The summed E-state index contributed by atoms with van der Waals surface area (Å²) in [5.74, 6) is 0.769. The van der Waals surface area contributed by atoms with E-state index in [0.29, 0.717) is 36.8 Å². The molecule has 0 fully saturated rings. The lowest BCUT2D eigenvalue weighted by Crippen LogP contribution is -2.29. The van der Waals surface area contributed by atoms with E-state index in [1.54, 1.807) is 31.3 Å². The molecular formula is C22H20ClNO4S. The Balaban J connectivity index is 2.10. The number of rotatable bonds is 5. The van der Waals surface area contributed by atoms with Gasteiger partial charge in [-0.2, -0.15) is 0 Å². The van der Waals surface area contributed by atoms with Crippen molar-refractivity contribution in [1.29, 1.82) is 0 Å². The lowest BCUT2D eigenvalue weighted by molar-refractivity contribution is 0.106. The van der Waals surface area contributed by atoms with E-state index in [4.69, 9.17) is 21.1 Å². The van der Waals surface area contributed by atoms with Crippen LogP contribution in [0.15, 0.2) is 41.2 Å². The molecule has 3 rings (SSSR count). The molecule has 0 radical (unpaired) electrons. The predicted octanol–water partition coefficient (Wildman–Crippen LogP) is 2.92. The highest BCUT2D eigenvalue weighted by Crippen LogP contribution is 2.36. The Hall–Kier alpha value is -2.83. The van der Waals surface area contributed by atoms with Crippen LogP contribution in [0.3, 0.4) is 0 Å². The molecule has 3 aromatic rings.